The molecule has 0 saturated heterocycles. The van der Waals surface area contributed by atoms with Crippen LogP contribution in [0.4, 0.5) is 5.69 Å². The first-order valence-corrected chi connectivity index (χ1v) is 6.69. The van der Waals surface area contributed by atoms with E-state index in [1.165, 1.54) is 23.1 Å². The maximum Gasteiger partial charge on any atom is 0.325 e. The number of nitro benzene ring substituents is 1. The van der Waals surface area contributed by atoms with Crippen LogP contribution in [0.2, 0.25) is 0 Å². The van der Waals surface area contributed by atoms with Gasteiger partial charge in [0.05, 0.1) is 11.5 Å². The molecule has 0 bridgehead atoms. The number of para-hydroxylation sites is 1. The number of esters is 1. The number of benzene rings is 1. The zero-order chi connectivity index (χ0) is 15.8. The number of ether oxygens (including phenoxy) is 1. The number of amides is 1. The van der Waals surface area contributed by atoms with E-state index < -0.39 is 16.8 Å². The van der Waals surface area contributed by atoms with Crippen molar-refractivity contribution < 1.29 is 19.2 Å². The highest BCUT2D eigenvalue weighted by Crippen LogP contribution is 2.19. The van der Waals surface area contributed by atoms with Crippen molar-refractivity contribution in [1.29, 1.82) is 0 Å². The van der Waals surface area contributed by atoms with Gasteiger partial charge in [0, 0.05) is 12.6 Å². The Kier molecular flexibility index (Phi) is 6.32. The molecule has 0 radical (unpaired) electrons. The third-order valence-electron chi connectivity index (χ3n) is 2.74. The minimum absolute atomic E-state index is 0.0275. The van der Waals surface area contributed by atoms with Crippen LogP contribution in [0.25, 0.3) is 0 Å². The smallest absolute Gasteiger partial charge is 0.325 e. The summed E-state index contributed by atoms with van der Waals surface area (Å²) in [7, 11) is 0. The molecule has 1 aromatic carbocycles. The van der Waals surface area contributed by atoms with E-state index in [4.69, 9.17) is 4.74 Å². The van der Waals surface area contributed by atoms with Crippen molar-refractivity contribution in [2.75, 3.05) is 19.7 Å². The van der Waals surface area contributed by atoms with Crippen molar-refractivity contribution in [3.8, 4) is 0 Å². The van der Waals surface area contributed by atoms with E-state index in [-0.39, 0.29) is 24.4 Å². The zero-order valence-electron chi connectivity index (χ0n) is 12.1. The molecule has 1 rings (SSSR count). The molecule has 0 heterocycles. The van der Waals surface area contributed by atoms with Crippen LogP contribution >= 0.6 is 0 Å². The third-order valence-corrected chi connectivity index (χ3v) is 2.74. The molecule has 0 aromatic heterocycles. The summed E-state index contributed by atoms with van der Waals surface area (Å²) in [4.78, 5) is 35.6. The lowest BCUT2D eigenvalue weighted by Crippen LogP contribution is -2.37. The number of hydrogen-bond acceptors (Lipinski definition) is 5. The Labute approximate surface area is 122 Å². The van der Waals surface area contributed by atoms with Gasteiger partial charge in [0.15, 0.2) is 0 Å². The minimum Gasteiger partial charge on any atom is -0.465 e. The van der Waals surface area contributed by atoms with Crippen LogP contribution in [0.5, 0.6) is 0 Å². The number of nitro groups is 1. The third kappa shape index (κ3) is 4.55. The lowest BCUT2D eigenvalue weighted by molar-refractivity contribution is -0.385. The molecule has 0 saturated carbocycles. The fourth-order valence-electron chi connectivity index (χ4n) is 1.87. The fraction of sp³-hybridized carbons (Fsp3) is 0.429. The van der Waals surface area contributed by atoms with Crippen LogP contribution < -0.4 is 0 Å². The Hall–Kier alpha value is -2.44. The molecular weight excluding hydrogens is 276 g/mol. The van der Waals surface area contributed by atoms with Crippen LogP contribution in [-0.2, 0) is 9.53 Å². The van der Waals surface area contributed by atoms with Gasteiger partial charge in [0.2, 0.25) is 0 Å². The van der Waals surface area contributed by atoms with Gasteiger partial charge in [-0.05, 0) is 19.4 Å². The van der Waals surface area contributed by atoms with Crippen molar-refractivity contribution in [3.05, 3.63) is 39.9 Å². The topological polar surface area (TPSA) is 89.8 Å². The molecule has 0 spiro atoms. The molecule has 0 unspecified atom stereocenters. The number of hydrogen-bond donors (Lipinski definition) is 0. The SMILES string of the molecule is CCCN(CC(=O)OCC)C(=O)c1ccccc1[N+](=O)[O-]. The summed E-state index contributed by atoms with van der Waals surface area (Å²) in [6.07, 6.45) is 0.631. The molecule has 0 fully saturated rings. The molecule has 0 aliphatic heterocycles. The van der Waals surface area contributed by atoms with Crippen LogP contribution in [0.15, 0.2) is 24.3 Å². The van der Waals surface area contributed by atoms with E-state index in [9.17, 15) is 19.7 Å². The highest BCUT2D eigenvalue weighted by atomic mass is 16.6. The van der Waals surface area contributed by atoms with Gasteiger partial charge in [-0.1, -0.05) is 19.1 Å². The monoisotopic (exact) mass is 294 g/mol. The second-order valence-electron chi connectivity index (χ2n) is 4.31. The predicted octanol–water partition coefficient (Wildman–Crippen LogP) is 2.01. The average Bonchev–Trinajstić information content (AvgIpc) is 2.46. The van der Waals surface area contributed by atoms with Crippen LogP contribution in [0.3, 0.4) is 0 Å². The lowest BCUT2D eigenvalue weighted by atomic mass is 10.1. The van der Waals surface area contributed by atoms with Gasteiger partial charge in [0.25, 0.3) is 11.6 Å². The molecule has 1 amide bonds. The molecular formula is C14H18N2O5. The Morgan fingerprint density at radius 1 is 1.29 bits per heavy atom. The summed E-state index contributed by atoms with van der Waals surface area (Å²) in [5.41, 5.74) is -0.298. The predicted molar refractivity (Wildman–Crippen MR) is 75.9 cm³/mol. The molecule has 114 valence electrons. The van der Waals surface area contributed by atoms with Crippen LogP contribution in [-0.4, -0.2) is 41.4 Å². The Bertz CT molecular complexity index is 530. The van der Waals surface area contributed by atoms with E-state index in [1.807, 2.05) is 6.92 Å². The Balaban J connectivity index is 3.00. The summed E-state index contributed by atoms with van der Waals surface area (Å²) >= 11 is 0. The first kappa shape index (κ1) is 16.6. The van der Waals surface area contributed by atoms with Crippen molar-refractivity contribution in [2.45, 2.75) is 20.3 Å². The van der Waals surface area contributed by atoms with Gasteiger partial charge in [-0.3, -0.25) is 19.7 Å². The summed E-state index contributed by atoms with van der Waals surface area (Å²) in [5.74, 6) is -1.07. The van der Waals surface area contributed by atoms with Crippen LogP contribution in [0.1, 0.15) is 30.6 Å². The van der Waals surface area contributed by atoms with E-state index in [0.29, 0.717) is 13.0 Å². The van der Waals surface area contributed by atoms with Gasteiger partial charge in [-0.25, -0.2) is 0 Å². The molecule has 0 N–H and O–H groups in total. The maximum atomic E-state index is 12.4. The summed E-state index contributed by atoms with van der Waals surface area (Å²) < 4.78 is 4.82. The molecule has 7 heteroatoms. The van der Waals surface area contributed by atoms with E-state index >= 15 is 0 Å². The fourth-order valence-corrected chi connectivity index (χ4v) is 1.87. The van der Waals surface area contributed by atoms with Crippen molar-refractivity contribution in [1.82, 2.24) is 4.90 Å². The minimum atomic E-state index is -0.609. The first-order valence-electron chi connectivity index (χ1n) is 6.69. The highest BCUT2D eigenvalue weighted by Gasteiger charge is 2.25. The first-order chi connectivity index (χ1) is 10.0. The Morgan fingerprint density at radius 2 is 1.95 bits per heavy atom. The summed E-state index contributed by atoms with van der Waals surface area (Å²) in [6.45, 7) is 3.85. The lowest BCUT2D eigenvalue weighted by Gasteiger charge is -2.20. The maximum absolute atomic E-state index is 12.4. The van der Waals surface area contributed by atoms with E-state index in [2.05, 4.69) is 0 Å². The average molecular weight is 294 g/mol. The largest absolute Gasteiger partial charge is 0.465 e. The van der Waals surface area contributed by atoms with Crippen molar-refractivity contribution in [2.24, 2.45) is 0 Å². The standard InChI is InChI=1S/C14H18N2O5/c1-3-9-15(10-13(17)21-4-2)14(18)11-7-5-6-8-12(11)16(19)20/h5-8H,3-4,9-10H2,1-2H3. The molecule has 0 aliphatic carbocycles. The van der Waals surface area contributed by atoms with Crippen LogP contribution in [0, 0.1) is 10.1 Å². The summed E-state index contributed by atoms with van der Waals surface area (Å²) in [5, 5.41) is 11.0. The number of carbonyl (C=O) groups is 2. The normalized spacial score (nSPS) is 10.0. The molecule has 1 aromatic rings. The summed E-state index contributed by atoms with van der Waals surface area (Å²) in [6, 6.07) is 5.69. The van der Waals surface area contributed by atoms with E-state index in [1.54, 1.807) is 13.0 Å². The number of nitrogens with zero attached hydrogens (tertiary/aromatic N) is 2. The second kappa shape index (κ2) is 7.98. The van der Waals surface area contributed by atoms with Gasteiger partial charge in [-0.2, -0.15) is 0 Å². The number of rotatable bonds is 7. The second-order valence-corrected chi connectivity index (χ2v) is 4.31. The van der Waals surface area contributed by atoms with Gasteiger partial charge >= 0.3 is 5.97 Å². The quantitative estimate of drug-likeness (QED) is 0.436. The van der Waals surface area contributed by atoms with Gasteiger partial charge < -0.3 is 9.64 Å². The van der Waals surface area contributed by atoms with Gasteiger partial charge in [-0.15, -0.1) is 0 Å². The molecule has 0 aliphatic rings. The highest BCUT2D eigenvalue weighted by molar-refractivity contribution is 5.99. The van der Waals surface area contributed by atoms with E-state index in [0.717, 1.165) is 0 Å². The molecule has 0 atom stereocenters. The van der Waals surface area contributed by atoms with Gasteiger partial charge in [0.1, 0.15) is 12.1 Å². The van der Waals surface area contributed by atoms with Crippen molar-refractivity contribution in [3.63, 3.8) is 0 Å². The Morgan fingerprint density at radius 3 is 2.52 bits per heavy atom. The number of carbonyl (C=O) groups excluding carboxylic acids is 2. The zero-order valence-corrected chi connectivity index (χ0v) is 12.1. The van der Waals surface area contributed by atoms with Crippen molar-refractivity contribution >= 4 is 17.6 Å². The molecule has 7 nitrogen and oxygen atoms in total. The molecule has 21 heavy (non-hydrogen) atoms.